The van der Waals surface area contributed by atoms with E-state index in [9.17, 15) is 15.8 Å². The van der Waals surface area contributed by atoms with Crippen LogP contribution in [-0.2, 0) is 6.42 Å². The van der Waals surface area contributed by atoms with Gasteiger partial charge in [0, 0.05) is 38.6 Å². The second-order valence-corrected chi connectivity index (χ2v) is 12.6. The lowest BCUT2D eigenvalue weighted by Crippen LogP contribution is -2.06. The van der Waals surface area contributed by atoms with Gasteiger partial charge in [0.1, 0.15) is 12.1 Å². The van der Waals surface area contributed by atoms with Crippen LogP contribution in [0.5, 0.6) is 0 Å². The van der Waals surface area contributed by atoms with Crippen molar-refractivity contribution in [3.63, 3.8) is 0 Å². The SMILES string of the molecule is N#CC1=Cc2c(n(-c3ccccc3-c3ccc(-c4ccc(-n5c6ccccc6c6cccc(C#N)c65)c(C#N)c4)cc3)c3ccccc23)CC1. The van der Waals surface area contributed by atoms with Gasteiger partial charge in [-0.05, 0) is 72.0 Å². The van der Waals surface area contributed by atoms with Crippen LogP contribution < -0.4 is 0 Å². The molecule has 0 atom stereocenters. The number of allylic oxidation sites excluding steroid dienone is 1. The van der Waals surface area contributed by atoms with Gasteiger partial charge in [0.25, 0.3) is 0 Å². The summed E-state index contributed by atoms with van der Waals surface area (Å²) >= 11 is 0. The van der Waals surface area contributed by atoms with Crippen molar-refractivity contribution in [2.45, 2.75) is 12.8 Å². The van der Waals surface area contributed by atoms with E-state index in [0.29, 0.717) is 11.1 Å². The number of fused-ring (bicyclic) bond motifs is 6. The van der Waals surface area contributed by atoms with Crippen molar-refractivity contribution in [3.8, 4) is 51.8 Å². The maximum Gasteiger partial charge on any atom is 0.101 e. The lowest BCUT2D eigenvalue weighted by molar-refractivity contribution is 0.872. The van der Waals surface area contributed by atoms with Gasteiger partial charge in [-0.15, -0.1) is 0 Å². The molecule has 1 aliphatic rings. The zero-order valence-corrected chi connectivity index (χ0v) is 26.9. The number of rotatable bonds is 4. The molecule has 0 fully saturated rings. The van der Waals surface area contributed by atoms with E-state index in [1.165, 1.54) is 5.69 Å². The maximum absolute atomic E-state index is 10.4. The first-order valence-corrected chi connectivity index (χ1v) is 16.6. The van der Waals surface area contributed by atoms with E-state index in [0.717, 1.165) is 90.3 Å². The summed E-state index contributed by atoms with van der Waals surface area (Å²) in [5, 5.41) is 33.2. The van der Waals surface area contributed by atoms with Crippen molar-refractivity contribution in [1.29, 1.82) is 15.8 Å². The van der Waals surface area contributed by atoms with E-state index in [4.69, 9.17) is 0 Å². The summed E-state index contributed by atoms with van der Waals surface area (Å²) in [6.45, 7) is 0. The molecule has 5 heteroatoms. The molecule has 5 nitrogen and oxygen atoms in total. The molecule has 0 amide bonds. The number of hydrogen-bond acceptors (Lipinski definition) is 3. The Morgan fingerprint density at radius 3 is 1.92 bits per heavy atom. The van der Waals surface area contributed by atoms with Crippen LogP contribution in [0.25, 0.3) is 72.4 Å². The number of nitrogens with zero attached hydrogens (tertiary/aromatic N) is 5. The first-order valence-electron chi connectivity index (χ1n) is 16.6. The number of hydrogen-bond donors (Lipinski definition) is 0. The Kier molecular flexibility index (Phi) is 6.70. The molecule has 50 heavy (non-hydrogen) atoms. The quantitative estimate of drug-likeness (QED) is 0.193. The molecule has 0 spiro atoms. The smallest absolute Gasteiger partial charge is 0.101 e. The molecule has 0 radical (unpaired) electrons. The summed E-state index contributed by atoms with van der Waals surface area (Å²) in [4.78, 5) is 0. The average Bonchev–Trinajstić information content (AvgIpc) is 3.70. The largest absolute Gasteiger partial charge is 0.312 e. The Hall–Kier alpha value is -7.13. The van der Waals surface area contributed by atoms with Crippen molar-refractivity contribution in [2.24, 2.45) is 0 Å². The lowest BCUT2D eigenvalue weighted by Gasteiger charge is -2.18. The highest BCUT2D eigenvalue weighted by Gasteiger charge is 2.23. The van der Waals surface area contributed by atoms with Crippen LogP contribution in [0.4, 0.5) is 0 Å². The normalized spacial score (nSPS) is 12.3. The third kappa shape index (κ3) is 4.37. The van der Waals surface area contributed by atoms with Crippen LogP contribution in [0.15, 0.2) is 139 Å². The van der Waals surface area contributed by atoms with E-state index in [-0.39, 0.29) is 0 Å². The van der Waals surface area contributed by atoms with Crippen LogP contribution in [0.3, 0.4) is 0 Å². The van der Waals surface area contributed by atoms with Gasteiger partial charge in [0.05, 0.1) is 45.1 Å². The molecule has 232 valence electrons. The number of nitriles is 3. The van der Waals surface area contributed by atoms with Crippen LogP contribution >= 0.6 is 0 Å². The predicted molar refractivity (Wildman–Crippen MR) is 200 cm³/mol. The number of benzene rings is 6. The van der Waals surface area contributed by atoms with E-state index < -0.39 is 0 Å². The Labute approximate surface area is 289 Å². The molecular formula is C45H27N5. The van der Waals surface area contributed by atoms with Gasteiger partial charge in [0.15, 0.2) is 0 Å². The summed E-state index contributed by atoms with van der Waals surface area (Å²) in [7, 11) is 0. The second kappa shape index (κ2) is 11.5. The van der Waals surface area contributed by atoms with Crippen molar-refractivity contribution in [3.05, 3.63) is 161 Å². The molecule has 0 N–H and O–H groups in total. The molecule has 2 aromatic heterocycles. The standard InChI is InChI=1S/C45H27N5/c46-26-29-16-22-44-39(24-29)37-11-3-5-14-42(37)49(44)41-13-4-1-9-35(41)31-19-17-30(18-20-31)32-21-23-40(34(25-32)28-48)50-43-15-6-2-10-36(43)38-12-7-8-33(27-47)45(38)50/h1-15,17-21,23-25H,16,22H2. The van der Waals surface area contributed by atoms with E-state index in [2.05, 4.69) is 114 Å². The van der Waals surface area contributed by atoms with Crippen molar-refractivity contribution >= 4 is 38.8 Å². The highest BCUT2D eigenvalue weighted by molar-refractivity contribution is 6.11. The molecule has 0 unspecified atom stereocenters. The van der Waals surface area contributed by atoms with Gasteiger partial charge in [-0.2, -0.15) is 15.8 Å². The molecule has 0 saturated heterocycles. The first-order chi connectivity index (χ1) is 24.7. The van der Waals surface area contributed by atoms with E-state index in [1.54, 1.807) is 0 Å². The molecule has 0 aliphatic heterocycles. The van der Waals surface area contributed by atoms with Crippen LogP contribution in [0.1, 0.15) is 28.8 Å². The Morgan fingerprint density at radius 1 is 0.480 bits per heavy atom. The van der Waals surface area contributed by atoms with Crippen molar-refractivity contribution in [2.75, 3.05) is 0 Å². The third-order valence-corrected chi connectivity index (χ3v) is 9.96. The molecule has 0 saturated carbocycles. The van der Waals surface area contributed by atoms with Crippen LogP contribution in [0, 0.1) is 34.0 Å². The van der Waals surface area contributed by atoms with Crippen molar-refractivity contribution in [1.82, 2.24) is 9.13 Å². The topological polar surface area (TPSA) is 81.2 Å². The van der Waals surface area contributed by atoms with Gasteiger partial charge in [-0.3, -0.25) is 0 Å². The monoisotopic (exact) mass is 637 g/mol. The number of aromatic nitrogens is 2. The van der Waals surface area contributed by atoms with Gasteiger partial charge in [0.2, 0.25) is 0 Å². The summed E-state index contributed by atoms with van der Waals surface area (Å²) in [6, 6.07) is 52.4. The molecular weight excluding hydrogens is 611 g/mol. The van der Waals surface area contributed by atoms with Gasteiger partial charge in [-0.1, -0.05) is 97.1 Å². The highest BCUT2D eigenvalue weighted by Crippen LogP contribution is 2.40. The Balaban J connectivity index is 1.13. The highest BCUT2D eigenvalue weighted by atomic mass is 15.0. The van der Waals surface area contributed by atoms with Gasteiger partial charge >= 0.3 is 0 Å². The minimum Gasteiger partial charge on any atom is -0.312 e. The maximum atomic E-state index is 10.4. The van der Waals surface area contributed by atoms with Gasteiger partial charge < -0.3 is 9.13 Å². The lowest BCUT2D eigenvalue weighted by atomic mass is 9.96. The van der Waals surface area contributed by atoms with Crippen molar-refractivity contribution < 1.29 is 0 Å². The zero-order valence-electron chi connectivity index (χ0n) is 26.9. The third-order valence-electron chi connectivity index (χ3n) is 9.96. The molecule has 2 heterocycles. The van der Waals surface area contributed by atoms with E-state index >= 15 is 0 Å². The second-order valence-electron chi connectivity index (χ2n) is 12.6. The molecule has 0 bridgehead atoms. The minimum absolute atomic E-state index is 0.533. The minimum atomic E-state index is 0.533. The molecule has 1 aliphatic carbocycles. The fourth-order valence-corrected chi connectivity index (χ4v) is 7.70. The summed E-state index contributed by atoms with van der Waals surface area (Å²) < 4.78 is 4.41. The Bertz CT molecular complexity index is 2840. The Morgan fingerprint density at radius 2 is 1.14 bits per heavy atom. The first kappa shape index (κ1) is 29.0. The summed E-state index contributed by atoms with van der Waals surface area (Å²) in [5.41, 5.74) is 13.2. The van der Waals surface area contributed by atoms with Crippen LogP contribution in [-0.4, -0.2) is 9.13 Å². The predicted octanol–water partition coefficient (Wildman–Crippen LogP) is 10.7. The molecule has 6 aromatic carbocycles. The zero-order chi connectivity index (χ0) is 33.8. The average molecular weight is 638 g/mol. The van der Waals surface area contributed by atoms with E-state index in [1.807, 2.05) is 53.1 Å². The summed E-state index contributed by atoms with van der Waals surface area (Å²) in [5.74, 6) is 0. The fraction of sp³-hybridized carbons (Fsp3) is 0.0444. The van der Waals surface area contributed by atoms with Gasteiger partial charge in [-0.25, -0.2) is 0 Å². The fourth-order valence-electron chi connectivity index (χ4n) is 7.70. The molecule has 9 rings (SSSR count). The molecule has 8 aromatic rings. The summed E-state index contributed by atoms with van der Waals surface area (Å²) in [6.07, 6.45) is 3.59. The van der Waals surface area contributed by atoms with Crippen LogP contribution in [0.2, 0.25) is 0 Å². The number of para-hydroxylation sites is 4.